The van der Waals surface area contributed by atoms with Crippen LogP contribution in [0.5, 0.6) is 0 Å². The third-order valence-electron chi connectivity index (χ3n) is 1.71. The number of carbonyl (C=O) groups excluding carboxylic acids is 1. The topological polar surface area (TPSA) is 21.5 Å². The molecule has 0 aliphatic heterocycles. The minimum Gasteiger partial charge on any atom is -0.340 e. The molecule has 0 fully saturated rings. The molecular formula is C9H20NO+. The molecule has 0 spiro atoms. The van der Waals surface area contributed by atoms with Crippen molar-refractivity contribution < 1.29 is 9.69 Å². The summed E-state index contributed by atoms with van der Waals surface area (Å²) < 4.78 is 0. The van der Waals surface area contributed by atoms with E-state index in [2.05, 4.69) is 14.1 Å². The van der Waals surface area contributed by atoms with Crippen molar-refractivity contribution in [3.05, 3.63) is 0 Å². The molecule has 2 nitrogen and oxygen atoms in total. The fraction of sp³-hybridized carbons (Fsp3) is 0.889. The Balaban J connectivity index is 2.97. The van der Waals surface area contributed by atoms with E-state index in [1.165, 1.54) is 24.3 Å². The molecule has 0 heterocycles. The van der Waals surface area contributed by atoms with E-state index in [1.54, 1.807) is 6.92 Å². The van der Waals surface area contributed by atoms with Crippen LogP contribution in [0, 0.1) is 0 Å². The highest BCUT2D eigenvalue weighted by Crippen LogP contribution is 1.98. The molecule has 0 saturated carbocycles. The van der Waals surface area contributed by atoms with Crippen LogP contribution in [0.4, 0.5) is 0 Å². The van der Waals surface area contributed by atoms with Gasteiger partial charge in [-0.2, -0.15) is 0 Å². The Bertz CT molecular complexity index is 110. The summed E-state index contributed by atoms with van der Waals surface area (Å²) in [5.74, 6) is 0.321. The van der Waals surface area contributed by atoms with Gasteiger partial charge in [0.2, 0.25) is 0 Å². The number of unbranched alkanes of at least 4 members (excludes halogenated alkanes) is 2. The van der Waals surface area contributed by atoms with Crippen LogP contribution < -0.4 is 4.90 Å². The predicted molar refractivity (Wildman–Crippen MR) is 46.8 cm³/mol. The van der Waals surface area contributed by atoms with Crippen molar-refractivity contribution in [3.8, 4) is 0 Å². The lowest BCUT2D eigenvalue weighted by Crippen LogP contribution is -3.05. The lowest BCUT2D eigenvalue weighted by atomic mass is 10.1. The molecule has 0 rings (SSSR count). The van der Waals surface area contributed by atoms with Gasteiger partial charge in [-0.15, -0.1) is 0 Å². The van der Waals surface area contributed by atoms with Crippen molar-refractivity contribution in [2.45, 2.75) is 32.6 Å². The second-order valence-electron chi connectivity index (χ2n) is 3.47. The Morgan fingerprint density at radius 3 is 2.27 bits per heavy atom. The molecule has 0 amide bonds. The Morgan fingerprint density at radius 1 is 1.18 bits per heavy atom. The van der Waals surface area contributed by atoms with E-state index in [9.17, 15) is 4.79 Å². The standard InChI is InChI=1S/C9H19NO/c1-9(11)7-5-4-6-8-10(2)3/h4-8H2,1-3H3/p+1. The average Bonchev–Trinajstić information content (AvgIpc) is 1.85. The van der Waals surface area contributed by atoms with Crippen molar-refractivity contribution in [2.24, 2.45) is 0 Å². The first-order valence-electron chi connectivity index (χ1n) is 4.41. The third kappa shape index (κ3) is 9.63. The fourth-order valence-corrected chi connectivity index (χ4v) is 1.03. The highest BCUT2D eigenvalue weighted by molar-refractivity contribution is 5.75. The molecule has 0 bridgehead atoms. The minimum atomic E-state index is 0.321. The zero-order valence-corrected chi connectivity index (χ0v) is 7.94. The second-order valence-corrected chi connectivity index (χ2v) is 3.47. The van der Waals surface area contributed by atoms with Crippen LogP contribution in [-0.4, -0.2) is 26.4 Å². The average molecular weight is 158 g/mol. The lowest BCUT2D eigenvalue weighted by Gasteiger charge is -2.05. The fourth-order valence-electron chi connectivity index (χ4n) is 1.03. The summed E-state index contributed by atoms with van der Waals surface area (Å²) in [7, 11) is 4.32. The van der Waals surface area contributed by atoms with E-state index in [0.29, 0.717) is 5.78 Å². The highest BCUT2D eigenvalue weighted by Gasteiger charge is 1.95. The minimum absolute atomic E-state index is 0.321. The van der Waals surface area contributed by atoms with Crippen LogP contribution in [0.15, 0.2) is 0 Å². The molecule has 1 N–H and O–H groups in total. The number of rotatable bonds is 6. The molecule has 0 unspecified atom stereocenters. The van der Waals surface area contributed by atoms with E-state index in [4.69, 9.17) is 0 Å². The molecule has 11 heavy (non-hydrogen) atoms. The largest absolute Gasteiger partial charge is 0.340 e. The first-order valence-corrected chi connectivity index (χ1v) is 4.41. The molecule has 0 aromatic rings. The summed E-state index contributed by atoms with van der Waals surface area (Å²) in [5, 5.41) is 0. The third-order valence-corrected chi connectivity index (χ3v) is 1.71. The Labute approximate surface area is 69.6 Å². The van der Waals surface area contributed by atoms with Crippen molar-refractivity contribution in [3.63, 3.8) is 0 Å². The smallest absolute Gasteiger partial charge is 0.129 e. The quantitative estimate of drug-likeness (QED) is 0.551. The molecule has 0 aliphatic carbocycles. The van der Waals surface area contributed by atoms with Gasteiger partial charge in [-0.1, -0.05) is 0 Å². The maximum atomic E-state index is 10.5. The summed E-state index contributed by atoms with van der Waals surface area (Å²) in [6, 6.07) is 0. The van der Waals surface area contributed by atoms with E-state index in [0.717, 1.165) is 12.8 Å². The predicted octanol–water partition coefficient (Wildman–Crippen LogP) is 0.280. The van der Waals surface area contributed by atoms with Gasteiger partial charge >= 0.3 is 0 Å². The van der Waals surface area contributed by atoms with Gasteiger partial charge in [0.15, 0.2) is 0 Å². The summed E-state index contributed by atoms with van der Waals surface area (Å²) in [4.78, 5) is 12.0. The first-order chi connectivity index (χ1) is 5.13. The molecule has 0 atom stereocenters. The van der Waals surface area contributed by atoms with Gasteiger partial charge in [0, 0.05) is 6.42 Å². The maximum Gasteiger partial charge on any atom is 0.129 e. The van der Waals surface area contributed by atoms with Crippen molar-refractivity contribution in [2.75, 3.05) is 20.6 Å². The van der Waals surface area contributed by atoms with Gasteiger partial charge in [0.05, 0.1) is 20.6 Å². The van der Waals surface area contributed by atoms with Crippen molar-refractivity contribution in [1.29, 1.82) is 0 Å². The second kappa shape index (κ2) is 6.35. The summed E-state index contributed by atoms with van der Waals surface area (Å²) in [6.45, 7) is 2.88. The summed E-state index contributed by atoms with van der Waals surface area (Å²) in [5.41, 5.74) is 0. The van der Waals surface area contributed by atoms with Gasteiger partial charge in [-0.3, -0.25) is 0 Å². The first kappa shape index (κ1) is 10.6. The van der Waals surface area contributed by atoms with Gasteiger partial charge in [0.25, 0.3) is 0 Å². The highest BCUT2D eigenvalue weighted by atomic mass is 16.1. The lowest BCUT2D eigenvalue weighted by molar-refractivity contribution is -0.858. The number of quaternary nitrogens is 1. The molecule has 0 aliphatic rings. The number of hydrogen-bond donors (Lipinski definition) is 1. The molecule has 0 aromatic heterocycles. The van der Waals surface area contributed by atoms with Crippen LogP contribution in [0.25, 0.3) is 0 Å². The van der Waals surface area contributed by atoms with Gasteiger partial charge < -0.3 is 9.69 Å². The van der Waals surface area contributed by atoms with Crippen LogP contribution in [0.1, 0.15) is 32.6 Å². The number of nitrogens with one attached hydrogen (secondary N) is 1. The number of carbonyl (C=O) groups is 1. The van der Waals surface area contributed by atoms with Gasteiger partial charge in [-0.05, 0) is 26.2 Å². The molecule has 66 valence electrons. The Kier molecular flexibility index (Phi) is 6.13. The molecule has 0 aromatic carbocycles. The van der Waals surface area contributed by atoms with E-state index in [-0.39, 0.29) is 0 Å². The molecule has 0 saturated heterocycles. The van der Waals surface area contributed by atoms with E-state index < -0.39 is 0 Å². The van der Waals surface area contributed by atoms with Gasteiger partial charge in [0.1, 0.15) is 5.78 Å². The number of Topliss-reactive ketones (excluding diaryl/α,β-unsaturated/α-hetero) is 1. The number of ketones is 1. The van der Waals surface area contributed by atoms with Crippen LogP contribution >= 0.6 is 0 Å². The summed E-state index contributed by atoms with van der Waals surface area (Å²) >= 11 is 0. The van der Waals surface area contributed by atoms with E-state index >= 15 is 0 Å². The van der Waals surface area contributed by atoms with Crippen molar-refractivity contribution >= 4 is 5.78 Å². The van der Waals surface area contributed by atoms with Crippen LogP contribution in [0.2, 0.25) is 0 Å². The Morgan fingerprint density at radius 2 is 1.82 bits per heavy atom. The molecule has 2 heteroatoms. The molecule has 0 radical (unpaired) electrons. The maximum absolute atomic E-state index is 10.5. The SMILES string of the molecule is CC(=O)CCCCC[NH+](C)C. The number of hydrogen-bond acceptors (Lipinski definition) is 1. The molecular weight excluding hydrogens is 138 g/mol. The Hall–Kier alpha value is -0.370. The monoisotopic (exact) mass is 158 g/mol. The van der Waals surface area contributed by atoms with Crippen molar-refractivity contribution in [1.82, 2.24) is 0 Å². The van der Waals surface area contributed by atoms with Crippen LogP contribution in [-0.2, 0) is 4.79 Å². The zero-order valence-electron chi connectivity index (χ0n) is 7.94. The summed E-state index contributed by atoms with van der Waals surface area (Å²) in [6.07, 6.45) is 4.28. The van der Waals surface area contributed by atoms with Crippen LogP contribution in [0.3, 0.4) is 0 Å². The normalized spacial score (nSPS) is 10.5. The van der Waals surface area contributed by atoms with Gasteiger partial charge in [-0.25, -0.2) is 0 Å². The zero-order chi connectivity index (χ0) is 8.69. The van der Waals surface area contributed by atoms with E-state index in [1.807, 2.05) is 0 Å².